The molecular formula is C32H37FN8O4. The second-order valence-electron chi connectivity index (χ2n) is 12.9. The fourth-order valence-corrected chi connectivity index (χ4v) is 7.82. The van der Waals surface area contributed by atoms with Crippen LogP contribution in [-0.2, 0) is 24.4 Å². The van der Waals surface area contributed by atoms with Gasteiger partial charge in [-0.05, 0) is 43.7 Å². The number of rotatable bonds is 1. The van der Waals surface area contributed by atoms with Crippen molar-refractivity contribution in [3.8, 4) is 17.0 Å². The Morgan fingerprint density at radius 1 is 1.02 bits per heavy atom. The predicted molar refractivity (Wildman–Crippen MR) is 166 cm³/mol. The van der Waals surface area contributed by atoms with Crippen molar-refractivity contribution in [2.24, 2.45) is 20.0 Å². The number of morpholine rings is 1. The van der Waals surface area contributed by atoms with Crippen LogP contribution in [0.2, 0.25) is 0 Å². The van der Waals surface area contributed by atoms with Crippen molar-refractivity contribution in [3.63, 3.8) is 0 Å². The standard InChI is InChI=1S/C32H37FN8O4/c1-37-18-21-13-22(29(37)43)23-16-34-38(2)30(23)45-12-7-39-17-20-3-5-32(19-39,6-4-20)41-27-15-26(40-8-10-44-11-9-40)24(33)14-25(27)35-31(41)36-28(21)42/h13-16,18,20H,3-12,17,19H2,1-2H3,(H,35,36,42). The van der Waals surface area contributed by atoms with E-state index in [1.807, 2.05) is 11.0 Å². The van der Waals surface area contributed by atoms with Gasteiger partial charge in [0.1, 0.15) is 12.4 Å². The number of ether oxygens (including phenoxy) is 2. The van der Waals surface area contributed by atoms with Gasteiger partial charge in [0, 0.05) is 59.1 Å². The van der Waals surface area contributed by atoms with Crippen molar-refractivity contribution < 1.29 is 18.7 Å². The monoisotopic (exact) mass is 616 g/mol. The van der Waals surface area contributed by atoms with Crippen molar-refractivity contribution >= 4 is 28.6 Å². The number of aromatic nitrogens is 5. The number of imidazole rings is 1. The van der Waals surface area contributed by atoms with Crippen LogP contribution in [0.3, 0.4) is 0 Å². The average molecular weight is 617 g/mol. The zero-order valence-corrected chi connectivity index (χ0v) is 25.6. The summed E-state index contributed by atoms with van der Waals surface area (Å²) in [5, 5.41) is 7.47. The van der Waals surface area contributed by atoms with Crippen LogP contribution in [0.1, 0.15) is 36.0 Å². The number of hydrogen-bond donors (Lipinski definition) is 1. The van der Waals surface area contributed by atoms with E-state index in [9.17, 15) is 9.59 Å². The minimum absolute atomic E-state index is 0.264. The van der Waals surface area contributed by atoms with E-state index in [2.05, 4.69) is 19.9 Å². The lowest BCUT2D eigenvalue weighted by atomic mass is 9.78. The van der Waals surface area contributed by atoms with Gasteiger partial charge in [0.25, 0.3) is 11.5 Å². The summed E-state index contributed by atoms with van der Waals surface area (Å²) in [6, 6.07) is 4.98. The van der Waals surface area contributed by atoms with E-state index < -0.39 is 5.91 Å². The van der Waals surface area contributed by atoms with Gasteiger partial charge in [0.05, 0.1) is 58.4 Å². The molecule has 12 nitrogen and oxygen atoms in total. The summed E-state index contributed by atoms with van der Waals surface area (Å²) in [5.41, 5.74) is 2.34. The predicted octanol–water partition coefficient (Wildman–Crippen LogP) is 2.96. The number of amides is 1. The normalized spacial score (nSPS) is 25.0. The Labute approximate surface area is 259 Å². The highest BCUT2D eigenvalue weighted by molar-refractivity contribution is 6.04. The zero-order chi connectivity index (χ0) is 30.9. The molecule has 4 aliphatic heterocycles. The number of anilines is 2. The summed E-state index contributed by atoms with van der Waals surface area (Å²) < 4.78 is 32.7. The van der Waals surface area contributed by atoms with Crippen LogP contribution in [0.5, 0.6) is 5.88 Å². The summed E-state index contributed by atoms with van der Waals surface area (Å²) in [6.07, 6.45) is 7.08. The van der Waals surface area contributed by atoms with Gasteiger partial charge in [0.15, 0.2) is 0 Å². The lowest BCUT2D eigenvalue weighted by Crippen LogP contribution is -2.45. The highest BCUT2D eigenvalue weighted by Crippen LogP contribution is 2.46. The van der Waals surface area contributed by atoms with Crippen LogP contribution >= 0.6 is 0 Å². The molecule has 1 unspecified atom stereocenters. The van der Waals surface area contributed by atoms with Crippen LogP contribution < -0.4 is 20.5 Å². The van der Waals surface area contributed by atoms with E-state index in [0.29, 0.717) is 85.1 Å². The Hall–Kier alpha value is -4.23. The summed E-state index contributed by atoms with van der Waals surface area (Å²) in [5.74, 6) is 0.684. The maximum absolute atomic E-state index is 15.6. The van der Waals surface area contributed by atoms with E-state index in [-0.39, 0.29) is 16.9 Å². The van der Waals surface area contributed by atoms with Crippen LogP contribution in [0.25, 0.3) is 22.2 Å². The maximum atomic E-state index is 15.6. The zero-order valence-electron chi connectivity index (χ0n) is 25.6. The maximum Gasteiger partial charge on any atom is 0.259 e. The topological polar surface area (TPSA) is 112 Å². The Morgan fingerprint density at radius 2 is 1.82 bits per heavy atom. The number of fused-ring (bicyclic) bond motifs is 9. The Bertz CT molecular complexity index is 1860. The first kappa shape index (κ1) is 28.3. The third kappa shape index (κ3) is 4.71. The fraction of sp³-hybridized carbons (Fsp3) is 0.500. The molecule has 3 aromatic heterocycles. The Morgan fingerprint density at radius 3 is 2.62 bits per heavy atom. The molecule has 1 saturated carbocycles. The minimum atomic E-state index is -0.408. The average Bonchev–Trinajstić information content (AvgIpc) is 3.44. The molecule has 1 aliphatic carbocycles. The number of nitrogens with zero attached hydrogens (tertiary/aromatic N) is 7. The highest BCUT2D eigenvalue weighted by Gasteiger charge is 2.44. The molecule has 5 aliphatic rings. The largest absolute Gasteiger partial charge is 0.476 e. The first-order valence-corrected chi connectivity index (χ1v) is 15.7. The summed E-state index contributed by atoms with van der Waals surface area (Å²) in [6.45, 7) is 5.09. The van der Waals surface area contributed by atoms with E-state index in [0.717, 1.165) is 44.3 Å². The molecule has 4 aromatic rings. The van der Waals surface area contributed by atoms with E-state index in [1.54, 1.807) is 31.0 Å². The van der Waals surface area contributed by atoms with Crippen molar-refractivity contribution in [2.75, 3.05) is 62.8 Å². The fourth-order valence-electron chi connectivity index (χ4n) is 7.82. The minimum Gasteiger partial charge on any atom is -0.476 e. The summed E-state index contributed by atoms with van der Waals surface area (Å²) >= 11 is 0. The second kappa shape index (κ2) is 10.7. The molecule has 5 bridgehead atoms. The van der Waals surface area contributed by atoms with Gasteiger partial charge in [-0.2, -0.15) is 5.10 Å². The van der Waals surface area contributed by atoms with Crippen LogP contribution in [-0.4, -0.2) is 87.3 Å². The molecule has 3 saturated heterocycles. The molecular weight excluding hydrogens is 579 g/mol. The highest BCUT2D eigenvalue weighted by atomic mass is 19.1. The SMILES string of the molecule is Cn1ncc2c1OCCN1CC3CCC(CC3)(C1)n1c(nc3cc(F)c(N4CCOCC4)cc31)NC(=O)c1cc-2c(=O)n(C)c1. The van der Waals surface area contributed by atoms with Gasteiger partial charge >= 0.3 is 0 Å². The second-order valence-corrected chi connectivity index (χ2v) is 12.9. The van der Waals surface area contributed by atoms with E-state index in [4.69, 9.17) is 14.5 Å². The third-order valence-corrected chi connectivity index (χ3v) is 10.1. The number of pyridine rings is 1. The van der Waals surface area contributed by atoms with Gasteiger partial charge in [-0.1, -0.05) is 0 Å². The summed E-state index contributed by atoms with van der Waals surface area (Å²) in [7, 11) is 3.41. The lowest BCUT2D eigenvalue weighted by Gasteiger charge is -2.40. The number of carbonyl (C=O) groups excluding carboxylic acids is 1. The first-order valence-electron chi connectivity index (χ1n) is 15.7. The molecule has 1 atom stereocenters. The van der Waals surface area contributed by atoms with Crippen LogP contribution in [0.15, 0.2) is 35.4 Å². The van der Waals surface area contributed by atoms with Crippen molar-refractivity contribution in [1.29, 1.82) is 0 Å². The van der Waals surface area contributed by atoms with Crippen molar-refractivity contribution in [1.82, 2.24) is 28.8 Å². The number of nitrogens with one attached hydrogen (secondary N) is 1. The molecule has 13 heteroatoms. The number of halogens is 1. The van der Waals surface area contributed by atoms with Crippen LogP contribution in [0.4, 0.5) is 16.0 Å². The van der Waals surface area contributed by atoms with Crippen molar-refractivity contribution in [2.45, 2.75) is 31.2 Å². The summed E-state index contributed by atoms with van der Waals surface area (Å²) in [4.78, 5) is 36.7. The molecule has 1 amide bonds. The molecule has 45 heavy (non-hydrogen) atoms. The van der Waals surface area contributed by atoms with E-state index >= 15 is 4.39 Å². The number of benzene rings is 1. The number of carbonyl (C=O) groups is 1. The van der Waals surface area contributed by atoms with Gasteiger partial charge < -0.3 is 23.5 Å². The molecule has 1 spiro atoms. The quantitative estimate of drug-likeness (QED) is 0.348. The molecule has 1 N–H and O–H groups in total. The van der Waals surface area contributed by atoms with E-state index in [1.165, 1.54) is 16.8 Å². The van der Waals surface area contributed by atoms with Gasteiger partial charge in [-0.25, -0.2) is 14.1 Å². The molecule has 7 heterocycles. The molecule has 1 aromatic carbocycles. The smallest absolute Gasteiger partial charge is 0.259 e. The third-order valence-electron chi connectivity index (χ3n) is 10.1. The molecule has 4 fully saturated rings. The molecule has 236 valence electrons. The van der Waals surface area contributed by atoms with Gasteiger partial charge in [0.2, 0.25) is 11.8 Å². The molecule has 0 radical (unpaired) electrons. The van der Waals surface area contributed by atoms with Gasteiger partial charge in [-0.3, -0.25) is 19.8 Å². The first-order chi connectivity index (χ1) is 21.8. The molecule has 9 rings (SSSR count). The number of hydrogen-bond acceptors (Lipinski definition) is 8. The Kier molecular flexibility index (Phi) is 6.71. The van der Waals surface area contributed by atoms with Crippen LogP contribution in [0, 0.1) is 11.7 Å². The van der Waals surface area contributed by atoms with Crippen molar-refractivity contribution in [3.05, 3.63) is 52.3 Å². The number of aryl methyl sites for hydroxylation is 2. The lowest BCUT2D eigenvalue weighted by molar-refractivity contribution is 0.102. The Balaban J connectivity index is 1.32. The van der Waals surface area contributed by atoms with Gasteiger partial charge in [-0.15, -0.1) is 0 Å².